The molecule has 1 fully saturated rings. The molecule has 1 aromatic heterocycles. The molecular weight excluding hydrogens is 262 g/mol. The molecule has 7 heteroatoms. The minimum Gasteiger partial charge on any atom is -0.465 e. The van der Waals surface area contributed by atoms with Crippen molar-refractivity contribution in [3.05, 3.63) is 11.3 Å². The third-order valence-corrected chi connectivity index (χ3v) is 4.01. The summed E-state index contributed by atoms with van der Waals surface area (Å²) >= 11 is 0. The zero-order valence-corrected chi connectivity index (χ0v) is 11.3. The van der Waals surface area contributed by atoms with E-state index in [1.54, 1.807) is 4.90 Å². The van der Waals surface area contributed by atoms with Crippen molar-refractivity contribution in [2.75, 3.05) is 11.4 Å². The van der Waals surface area contributed by atoms with E-state index in [-0.39, 0.29) is 18.5 Å². The van der Waals surface area contributed by atoms with Gasteiger partial charge < -0.3 is 14.5 Å². The van der Waals surface area contributed by atoms with Gasteiger partial charge in [-0.15, -0.1) is 0 Å². The van der Waals surface area contributed by atoms with Crippen LogP contribution >= 0.6 is 0 Å². The van der Waals surface area contributed by atoms with Crippen molar-refractivity contribution < 1.29 is 19.2 Å². The van der Waals surface area contributed by atoms with E-state index < -0.39 is 6.09 Å². The second-order valence-electron chi connectivity index (χ2n) is 5.38. The zero-order valence-electron chi connectivity index (χ0n) is 11.3. The van der Waals surface area contributed by atoms with Gasteiger partial charge in [0.1, 0.15) is 0 Å². The van der Waals surface area contributed by atoms with Crippen molar-refractivity contribution in [3.8, 4) is 0 Å². The number of hydrogen-bond acceptors (Lipinski definition) is 4. The van der Waals surface area contributed by atoms with E-state index in [2.05, 4.69) is 5.16 Å². The minimum absolute atomic E-state index is 0.0238. The molecule has 108 valence electrons. The molecule has 2 amide bonds. The highest BCUT2D eigenvalue weighted by Crippen LogP contribution is 2.33. The molecule has 2 aliphatic rings. The standard InChI is InChI=1S/C13H17N3O4/c1-8-6-10-9(7-16(8)13(18)19)12(20-14-10)15-5-3-2-4-11(15)17/h8H,2-7H2,1H3,(H,18,19). The van der Waals surface area contributed by atoms with Crippen molar-refractivity contribution in [2.24, 2.45) is 0 Å². The molecule has 1 saturated heterocycles. The first-order valence-electron chi connectivity index (χ1n) is 6.85. The van der Waals surface area contributed by atoms with Gasteiger partial charge in [-0.2, -0.15) is 0 Å². The lowest BCUT2D eigenvalue weighted by Gasteiger charge is -2.31. The van der Waals surface area contributed by atoms with Crippen molar-refractivity contribution >= 4 is 17.9 Å². The Balaban J connectivity index is 1.93. The molecule has 1 N–H and O–H groups in total. The third kappa shape index (κ3) is 2.03. The van der Waals surface area contributed by atoms with Gasteiger partial charge in [-0.05, 0) is 19.8 Å². The molecule has 1 atom stereocenters. The number of carbonyl (C=O) groups is 2. The Morgan fingerprint density at radius 2 is 2.25 bits per heavy atom. The highest BCUT2D eigenvalue weighted by Gasteiger charge is 2.35. The van der Waals surface area contributed by atoms with Crippen LogP contribution in [-0.4, -0.2) is 39.8 Å². The Kier molecular flexibility index (Phi) is 3.11. The first-order valence-corrected chi connectivity index (χ1v) is 6.85. The molecule has 0 aromatic carbocycles. The first-order chi connectivity index (χ1) is 9.58. The van der Waals surface area contributed by atoms with E-state index in [1.807, 2.05) is 6.92 Å². The molecular formula is C13H17N3O4. The number of anilines is 1. The summed E-state index contributed by atoms with van der Waals surface area (Å²) in [6.07, 6.45) is 1.89. The predicted octanol–water partition coefficient (Wildman–Crippen LogP) is 1.62. The Labute approximate surface area is 116 Å². The number of fused-ring (bicyclic) bond motifs is 1. The molecule has 0 radical (unpaired) electrons. The van der Waals surface area contributed by atoms with Crippen LogP contribution in [0.5, 0.6) is 0 Å². The van der Waals surface area contributed by atoms with E-state index in [1.165, 1.54) is 4.90 Å². The molecule has 20 heavy (non-hydrogen) atoms. The monoisotopic (exact) mass is 279 g/mol. The first kappa shape index (κ1) is 13.0. The third-order valence-electron chi connectivity index (χ3n) is 4.01. The summed E-state index contributed by atoms with van der Waals surface area (Å²) in [6, 6.07) is -0.130. The second-order valence-corrected chi connectivity index (χ2v) is 5.38. The quantitative estimate of drug-likeness (QED) is 0.844. The molecule has 3 rings (SSSR count). The summed E-state index contributed by atoms with van der Waals surface area (Å²) in [5, 5.41) is 13.2. The number of carboxylic acid groups (broad SMARTS) is 1. The van der Waals surface area contributed by atoms with Crippen LogP contribution in [-0.2, 0) is 17.8 Å². The number of aromatic nitrogens is 1. The fourth-order valence-corrected chi connectivity index (χ4v) is 2.86. The minimum atomic E-state index is -0.958. The van der Waals surface area contributed by atoms with E-state index >= 15 is 0 Å². The summed E-state index contributed by atoms with van der Waals surface area (Å²) in [5.41, 5.74) is 1.50. The molecule has 3 heterocycles. The average molecular weight is 279 g/mol. The van der Waals surface area contributed by atoms with Crippen LogP contribution in [0.2, 0.25) is 0 Å². The number of nitrogens with zero attached hydrogens (tertiary/aromatic N) is 3. The Morgan fingerprint density at radius 1 is 1.45 bits per heavy atom. The molecule has 2 aliphatic heterocycles. The van der Waals surface area contributed by atoms with Crippen LogP contribution in [0, 0.1) is 0 Å². The summed E-state index contributed by atoms with van der Waals surface area (Å²) < 4.78 is 5.34. The highest BCUT2D eigenvalue weighted by atomic mass is 16.5. The van der Waals surface area contributed by atoms with Crippen LogP contribution in [0.3, 0.4) is 0 Å². The van der Waals surface area contributed by atoms with E-state index in [9.17, 15) is 14.7 Å². The van der Waals surface area contributed by atoms with Crippen molar-refractivity contribution in [2.45, 2.75) is 45.2 Å². The topological polar surface area (TPSA) is 86.9 Å². The average Bonchev–Trinajstić information content (AvgIpc) is 2.80. The van der Waals surface area contributed by atoms with Gasteiger partial charge in [-0.25, -0.2) is 4.79 Å². The maximum absolute atomic E-state index is 12.0. The van der Waals surface area contributed by atoms with E-state index in [0.717, 1.165) is 24.1 Å². The summed E-state index contributed by atoms with van der Waals surface area (Å²) in [7, 11) is 0. The van der Waals surface area contributed by atoms with Gasteiger partial charge in [0.15, 0.2) is 0 Å². The molecule has 0 spiro atoms. The number of rotatable bonds is 1. The van der Waals surface area contributed by atoms with Crippen molar-refractivity contribution in [1.29, 1.82) is 0 Å². The summed E-state index contributed by atoms with van der Waals surface area (Å²) in [6.45, 7) is 2.69. The van der Waals surface area contributed by atoms with Gasteiger partial charge in [0.05, 0.1) is 17.8 Å². The SMILES string of the molecule is CC1Cc2noc(N3CCCCC3=O)c2CN1C(=O)O. The number of carbonyl (C=O) groups excluding carboxylic acids is 1. The zero-order chi connectivity index (χ0) is 14.3. The lowest BCUT2D eigenvalue weighted by molar-refractivity contribution is -0.119. The Hall–Kier alpha value is -2.05. The lowest BCUT2D eigenvalue weighted by Crippen LogP contribution is -2.42. The molecule has 7 nitrogen and oxygen atoms in total. The maximum atomic E-state index is 12.0. The maximum Gasteiger partial charge on any atom is 0.407 e. The van der Waals surface area contributed by atoms with Gasteiger partial charge >= 0.3 is 6.09 Å². The van der Waals surface area contributed by atoms with Crippen LogP contribution in [0.25, 0.3) is 0 Å². The smallest absolute Gasteiger partial charge is 0.407 e. The largest absolute Gasteiger partial charge is 0.465 e. The van der Waals surface area contributed by atoms with Crippen molar-refractivity contribution in [1.82, 2.24) is 10.1 Å². The van der Waals surface area contributed by atoms with Gasteiger partial charge in [0, 0.05) is 25.4 Å². The Morgan fingerprint density at radius 3 is 2.95 bits per heavy atom. The van der Waals surface area contributed by atoms with E-state index in [4.69, 9.17) is 4.52 Å². The molecule has 0 aliphatic carbocycles. The van der Waals surface area contributed by atoms with Gasteiger partial charge in [0.2, 0.25) is 11.8 Å². The van der Waals surface area contributed by atoms with Gasteiger partial charge in [-0.3, -0.25) is 9.69 Å². The number of piperidine rings is 1. The van der Waals surface area contributed by atoms with Crippen LogP contribution < -0.4 is 4.90 Å². The fraction of sp³-hybridized carbons (Fsp3) is 0.615. The predicted molar refractivity (Wildman–Crippen MR) is 69.4 cm³/mol. The summed E-state index contributed by atoms with van der Waals surface area (Å²) in [4.78, 5) is 26.2. The van der Waals surface area contributed by atoms with Crippen molar-refractivity contribution in [3.63, 3.8) is 0 Å². The lowest BCUT2D eigenvalue weighted by atomic mass is 10.0. The number of amides is 2. The second kappa shape index (κ2) is 4.81. The Bertz CT molecular complexity index is 554. The van der Waals surface area contributed by atoms with E-state index in [0.29, 0.717) is 25.3 Å². The number of hydrogen-bond donors (Lipinski definition) is 1. The van der Waals surface area contributed by atoms with Crippen LogP contribution in [0.15, 0.2) is 4.52 Å². The molecule has 1 aromatic rings. The van der Waals surface area contributed by atoms with Crippen LogP contribution in [0.4, 0.5) is 10.7 Å². The summed E-state index contributed by atoms with van der Waals surface area (Å²) in [5.74, 6) is 0.457. The molecule has 1 unspecified atom stereocenters. The molecule has 0 bridgehead atoms. The fourth-order valence-electron chi connectivity index (χ4n) is 2.86. The van der Waals surface area contributed by atoms with Crippen LogP contribution in [0.1, 0.15) is 37.4 Å². The highest BCUT2D eigenvalue weighted by molar-refractivity contribution is 5.93. The molecule has 0 saturated carbocycles. The van der Waals surface area contributed by atoms with Gasteiger partial charge in [0.25, 0.3) is 0 Å². The van der Waals surface area contributed by atoms with Gasteiger partial charge in [-0.1, -0.05) is 5.16 Å². The normalized spacial score (nSPS) is 22.9.